The summed E-state index contributed by atoms with van der Waals surface area (Å²) in [6.07, 6.45) is -0.711. The zero-order valence-electron chi connectivity index (χ0n) is 7.24. The van der Waals surface area contributed by atoms with Crippen LogP contribution in [0, 0.1) is 5.92 Å². The van der Waals surface area contributed by atoms with Crippen LogP contribution in [-0.4, -0.2) is 36.9 Å². The molecule has 1 unspecified atom stereocenters. The molecular formula is C7H10F2O4S. The predicted octanol–water partition coefficient (Wildman–Crippen LogP) is 0.531. The monoisotopic (exact) mass is 228 g/mol. The van der Waals surface area contributed by atoms with Gasteiger partial charge in [0.2, 0.25) is 0 Å². The number of rotatable bonds is 3. The van der Waals surface area contributed by atoms with Crippen molar-refractivity contribution < 1.29 is 27.1 Å². The number of hydrogen-bond acceptors (Lipinski definition) is 3. The lowest BCUT2D eigenvalue weighted by Crippen LogP contribution is -2.26. The van der Waals surface area contributed by atoms with Crippen LogP contribution < -0.4 is 0 Å². The molecule has 1 N–H and O–H groups in total. The average molecular weight is 228 g/mol. The van der Waals surface area contributed by atoms with Crippen molar-refractivity contribution in [2.75, 3.05) is 11.5 Å². The van der Waals surface area contributed by atoms with Gasteiger partial charge in [-0.05, 0) is 6.42 Å². The van der Waals surface area contributed by atoms with Crippen LogP contribution in [0.4, 0.5) is 8.78 Å². The summed E-state index contributed by atoms with van der Waals surface area (Å²) in [5.74, 6) is -7.56. The summed E-state index contributed by atoms with van der Waals surface area (Å²) in [4.78, 5) is 10.1. The topological polar surface area (TPSA) is 71.4 Å². The molecule has 0 saturated carbocycles. The number of carbonyl (C=O) groups is 1. The third-order valence-electron chi connectivity index (χ3n) is 2.17. The van der Waals surface area contributed by atoms with Gasteiger partial charge in [0.05, 0.1) is 5.75 Å². The third-order valence-corrected chi connectivity index (χ3v) is 3.91. The lowest BCUT2D eigenvalue weighted by atomic mass is 9.99. The zero-order chi connectivity index (χ0) is 11.0. The second kappa shape index (κ2) is 3.45. The first-order valence-electron chi connectivity index (χ1n) is 4.03. The molecule has 1 aliphatic rings. The van der Waals surface area contributed by atoms with Crippen molar-refractivity contribution in [3.05, 3.63) is 0 Å². The number of alkyl halides is 2. The van der Waals surface area contributed by atoms with Crippen LogP contribution in [0.5, 0.6) is 0 Å². The molecule has 1 rings (SSSR count). The van der Waals surface area contributed by atoms with Crippen molar-refractivity contribution >= 4 is 15.8 Å². The summed E-state index contributed by atoms with van der Waals surface area (Å²) < 4.78 is 47.7. The van der Waals surface area contributed by atoms with Crippen LogP contribution in [0.2, 0.25) is 0 Å². The van der Waals surface area contributed by atoms with Gasteiger partial charge in [0.15, 0.2) is 9.84 Å². The molecule has 0 aromatic heterocycles. The molecule has 4 nitrogen and oxygen atoms in total. The molecule has 0 aliphatic carbocycles. The second-order valence-corrected chi connectivity index (χ2v) is 5.55. The van der Waals surface area contributed by atoms with Crippen molar-refractivity contribution in [1.82, 2.24) is 0 Å². The largest absolute Gasteiger partial charge is 0.481 e. The zero-order valence-corrected chi connectivity index (χ0v) is 8.06. The van der Waals surface area contributed by atoms with E-state index in [1.165, 1.54) is 0 Å². The van der Waals surface area contributed by atoms with E-state index in [0.29, 0.717) is 0 Å². The van der Waals surface area contributed by atoms with E-state index in [1.54, 1.807) is 0 Å². The van der Waals surface area contributed by atoms with Crippen molar-refractivity contribution in [2.45, 2.75) is 18.8 Å². The quantitative estimate of drug-likeness (QED) is 0.764. The maximum absolute atomic E-state index is 13.0. The number of hydrogen-bond donors (Lipinski definition) is 1. The lowest BCUT2D eigenvalue weighted by molar-refractivity contribution is -0.137. The van der Waals surface area contributed by atoms with Crippen LogP contribution in [0.1, 0.15) is 12.8 Å². The molecule has 1 fully saturated rings. The van der Waals surface area contributed by atoms with Gasteiger partial charge in [-0.1, -0.05) is 0 Å². The number of carboxylic acid groups (broad SMARTS) is 1. The van der Waals surface area contributed by atoms with E-state index in [9.17, 15) is 22.0 Å². The van der Waals surface area contributed by atoms with Gasteiger partial charge in [0.25, 0.3) is 5.92 Å². The van der Waals surface area contributed by atoms with E-state index >= 15 is 0 Å². The number of aliphatic carboxylic acids is 1. The summed E-state index contributed by atoms with van der Waals surface area (Å²) in [6, 6.07) is 0. The van der Waals surface area contributed by atoms with Gasteiger partial charge >= 0.3 is 5.97 Å². The first kappa shape index (κ1) is 11.4. The molecule has 1 heterocycles. The summed E-state index contributed by atoms with van der Waals surface area (Å²) in [5, 5.41) is 8.28. The molecule has 0 aromatic carbocycles. The van der Waals surface area contributed by atoms with Crippen molar-refractivity contribution in [1.29, 1.82) is 0 Å². The summed E-state index contributed by atoms with van der Waals surface area (Å²) in [5.41, 5.74) is 0. The SMILES string of the molecule is O=C(O)CCC1CS(=O)(=O)CC1(F)F. The highest BCUT2D eigenvalue weighted by atomic mass is 32.2. The minimum absolute atomic E-state index is 0.290. The molecule has 82 valence electrons. The number of sulfone groups is 1. The normalized spacial score (nSPS) is 28.9. The second-order valence-electron chi connectivity index (χ2n) is 3.44. The molecule has 7 heteroatoms. The molecule has 0 bridgehead atoms. The fourth-order valence-electron chi connectivity index (χ4n) is 1.49. The van der Waals surface area contributed by atoms with Gasteiger partial charge in [-0.25, -0.2) is 17.2 Å². The third kappa shape index (κ3) is 2.63. The first-order valence-corrected chi connectivity index (χ1v) is 5.85. The summed E-state index contributed by atoms with van der Waals surface area (Å²) in [7, 11) is -3.69. The Bertz CT molecular complexity index is 336. The fourth-order valence-corrected chi connectivity index (χ4v) is 3.45. The lowest BCUT2D eigenvalue weighted by Gasteiger charge is -2.15. The Morgan fingerprint density at radius 3 is 2.43 bits per heavy atom. The van der Waals surface area contributed by atoms with Gasteiger partial charge in [-0.15, -0.1) is 0 Å². The maximum Gasteiger partial charge on any atom is 0.303 e. The van der Waals surface area contributed by atoms with E-state index in [4.69, 9.17) is 5.11 Å². The van der Waals surface area contributed by atoms with Crippen molar-refractivity contribution in [2.24, 2.45) is 5.92 Å². The van der Waals surface area contributed by atoms with Crippen LogP contribution >= 0.6 is 0 Å². The molecule has 1 aliphatic heterocycles. The Morgan fingerprint density at radius 1 is 1.50 bits per heavy atom. The minimum Gasteiger partial charge on any atom is -0.481 e. The minimum atomic E-state index is -3.69. The molecular weight excluding hydrogens is 218 g/mol. The smallest absolute Gasteiger partial charge is 0.303 e. The van der Waals surface area contributed by atoms with E-state index in [-0.39, 0.29) is 6.42 Å². The van der Waals surface area contributed by atoms with Gasteiger partial charge in [-0.2, -0.15) is 0 Å². The molecule has 0 amide bonds. The van der Waals surface area contributed by atoms with Crippen molar-refractivity contribution in [3.8, 4) is 0 Å². The van der Waals surface area contributed by atoms with Crippen LogP contribution in [0.25, 0.3) is 0 Å². The van der Waals surface area contributed by atoms with Crippen LogP contribution in [0.3, 0.4) is 0 Å². The molecule has 14 heavy (non-hydrogen) atoms. The van der Waals surface area contributed by atoms with E-state index in [1.807, 2.05) is 0 Å². The Balaban J connectivity index is 2.66. The van der Waals surface area contributed by atoms with Gasteiger partial charge in [0, 0.05) is 12.3 Å². The highest BCUT2D eigenvalue weighted by Gasteiger charge is 2.51. The Morgan fingerprint density at radius 2 is 2.07 bits per heavy atom. The van der Waals surface area contributed by atoms with Gasteiger partial charge in [0.1, 0.15) is 5.75 Å². The Kier molecular flexibility index (Phi) is 2.80. The van der Waals surface area contributed by atoms with Crippen molar-refractivity contribution in [3.63, 3.8) is 0 Å². The highest BCUT2D eigenvalue weighted by Crippen LogP contribution is 2.37. The standard InChI is InChI=1S/C7H10F2O4S/c8-7(9)4-14(12,13)3-5(7)1-2-6(10)11/h5H,1-4H2,(H,10,11). The van der Waals surface area contributed by atoms with E-state index in [0.717, 1.165) is 0 Å². The van der Waals surface area contributed by atoms with Crippen LogP contribution in [-0.2, 0) is 14.6 Å². The molecule has 0 radical (unpaired) electrons. The first-order chi connectivity index (χ1) is 6.23. The van der Waals surface area contributed by atoms with E-state index < -0.39 is 45.6 Å². The maximum atomic E-state index is 13.0. The Labute approximate surface area is 79.8 Å². The number of halogens is 2. The summed E-state index contributed by atoms with van der Waals surface area (Å²) in [6.45, 7) is 0. The van der Waals surface area contributed by atoms with Gasteiger partial charge in [-0.3, -0.25) is 4.79 Å². The summed E-state index contributed by atoms with van der Waals surface area (Å²) >= 11 is 0. The van der Waals surface area contributed by atoms with Crippen LogP contribution in [0.15, 0.2) is 0 Å². The van der Waals surface area contributed by atoms with E-state index in [2.05, 4.69) is 0 Å². The predicted molar refractivity (Wildman–Crippen MR) is 44.0 cm³/mol. The molecule has 0 aromatic rings. The highest BCUT2D eigenvalue weighted by molar-refractivity contribution is 7.91. The average Bonchev–Trinajstić information content (AvgIpc) is 2.14. The number of carboxylic acids is 1. The fraction of sp³-hybridized carbons (Fsp3) is 0.857. The Hall–Kier alpha value is -0.720. The van der Waals surface area contributed by atoms with Gasteiger partial charge < -0.3 is 5.11 Å². The molecule has 0 spiro atoms. The molecule has 1 atom stereocenters. The molecule has 1 saturated heterocycles.